The van der Waals surface area contributed by atoms with Crippen LogP contribution in [0.3, 0.4) is 0 Å². The fourth-order valence-corrected chi connectivity index (χ4v) is 7.04. The first-order valence-corrected chi connectivity index (χ1v) is 13.6. The van der Waals surface area contributed by atoms with Gasteiger partial charge in [-0.05, 0) is 73.0 Å². The van der Waals surface area contributed by atoms with Crippen molar-refractivity contribution in [3.63, 3.8) is 0 Å². The van der Waals surface area contributed by atoms with Gasteiger partial charge in [0.2, 0.25) is 0 Å². The lowest BCUT2D eigenvalue weighted by atomic mass is 9.99. The zero-order chi connectivity index (χ0) is 24.2. The number of carbonyl (C=O) groups is 1. The number of hydrogen-bond donors (Lipinski definition) is 2. The number of hydrogen-bond acceptors (Lipinski definition) is 5. The highest BCUT2D eigenvalue weighted by atomic mass is 32.1. The summed E-state index contributed by atoms with van der Waals surface area (Å²) < 4.78 is 15.5. The Morgan fingerprint density at radius 3 is 2.81 bits per heavy atom. The van der Waals surface area contributed by atoms with E-state index in [1.54, 1.807) is 11.3 Å². The predicted octanol–water partition coefficient (Wildman–Crippen LogP) is 5.59. The number of aryl methyl sites for hydroxylation is 1. The minimum atomic E-state index is -0.126. The molecule has 2 unspecified atom stereocenters. The van der Waals surface area contributed by atoms with Crippen LogP contribution in [0.4, 0.5) is 5.69 Å². The maximum atomic E-state index is 13.0. The molecule has 1 aliphatic carbocycles. The standard InChI is InChI=1S/C29H29N3O3S/c1-32-23-12-13-36-26(23)15-24(32)29(33)31-22-5-3-2-4-17(22)16-34-19-7-9-20(10-8-19)35-25-14-18-6-11-21-27(25)28(21)30-18/h2-5,7-10,12-13,15,18,21,25,27-28,30H,6,11,14,16H2,1H3,(H,31,33)/t18-,21?,25-,27?,28+/m0/s1. The molecule has 1 saturated carbocycles. The lowest BCUT2D eigenvalue weighted by molar-refractivity contribution is 0.101. The van der Waals surface area contributed by atoms with E-state index >= 15 is 0 Å². The van der Waals surface area contributed by atoms with Crippen molar-refractivity contribution in [3.05, 3.63) is 77.3 Å². The van der Waals surface area contributed by atoms with Crippen molar-refractivity contribution in [1.82, 2.24) is 9.88 Å². The minimum absolute atomic E-state index is 0.126. The Morgan fingerprint density at radius 1 is 1.11 bits per heavy atom. The summed E-state index contributed by atoms with van der Waals surface area (Å²) in [7, 11) is 1.92. The van der Waals surface area contributed by atoms with Gasteiger partial charge in [0.1, 0.15) is 29.9 Å². The van der Waals surface area contributed by atoms with Crippen LogP contribution < -0.4 is 20.1 Å². The average Bonchev–Trinajstić information content (AvgIpc) is 3.36. The molecule has 2 bridgehead atoms. The maximum Gasteiger partial charge on any atom is 0.272 e. The Hall–Kier alpha value is -3.29. The number of anilines is 1. The molecule has 7 heteroatoms. The molecule has 2 aromatic heterocycles. The number of benzene rings is 2. The topological polar surface area (TPSA) is 64.5 Å². The van der Waals surface area contributed by atoms with Gasteiger partial charge < -0.3 is 24.7 Å². The summed E-state index contributed by atoms with van der Waals surface area (Å²) >= 11 is 1.64. The smallest absolute Gasteiger partial charge is 0.272 e. The van der Waals surface area contributed by atoms with Crippen molar-refractivity contribution < 1.29 is 14.3 Å². The minimum Gasteiger partial charge on any atom is -0.490 e. The van der Waals surface area contributed by atoms with Crippen molar-refractivity contribution in [2.45, 2.75) is 44.1 Å². The lowest BCUT2D eigenvalue weighted by Crippen LogP contribution is -2.44. The Balaban J connectivity index is 0.992. The summed E-state index contributed by atoms with van der Waals surface area (Å²) in [6.07, 6.45) is 4.08. The molecule has 0 spiro atoms. The van der Waals surface area contributed by atoms with Crippen molar-refractivity contribution in [1.29, 1.82) is 0 Å². The van der Waals surface area contributed by atoms with Crippen LogP contribution in [0, 0.1) is 11.8 Å². The predicted molar refractivity (Wildman–Crippen MR) is 142 cm³/mol. The second-order valence-electron chi connectivity index (χ2n) is 10.2. The first-order chi connectivity index (χ1) is 17.6. The Bertz CT molecular complexity index is 1420. The van der Waals surface area contributed by atoms with Crippen LogP contribution >= 0.6 is 11.3 Å². The van der Waals surface area contributed by atoms with Crippen LogP contribution in [0.1, 0.15) is 35.3 Å². The number of amides is 1. The molecule has 7 rings (SSSR count). The Kier molecular flexibility index (Phi) is 5.29. The number of thiophene rings is 1. The van der Waals surface area contributed by atoms with Crippen molar-refractivity contribution in [2.24, 2.45) is 18.9 Å². The monoisotopic (exact) mass is 499 g/mol. The molecule has 2 N–H and O–H groups in total. The van der Waals surface area contributed by atoms with Gasteiger partial charge in [-0.15, -0.1) is 11.3 Å². The third-order valence-electron chi connectivity index (χ3n) is 8.12. The van der Waals surface area contributed by atoms with Gasteiger partial charge in [-0.2, -0.15) is 0 Å². The van der Waals surface area contributed by atoms with Gasteiger partial charge >= 0.3 is 0 Å². The molecular formula is C29H29N3O3S. The van der Waals surface area contributed by atoms with E-state index in [0.29, 0.717) is 36.4 Å². The molecule has 36 heavy (non-hydrogen) atoms. The molecule has 1 amide bonds. The number of carbonyl (C=O) groups excluding carboxylic acids is 1. The van der Waals surface area contributed by atoms with Crippen LogP contribution in [-0.2, 0) is 13.7 Å². The third-order valence-corrected chi connectivity index (χ3v) is 8.97. The molecule has 2 aromatic carbocycles. The largest absolute Gasteiger partial charge is 0.490 e. The summed E-state index contributed by atoms with van der Waals surface area (Å²) in [6.45, 7) is 0.361. The first-order valence-electron chi connectivity index (χ1n) is 12.7. The summed E-state index contributed by atoms with van der Waals surface area (Å²) in [5, 5.41) is 8.86. The highest BCUT2D eigenvalue weighted by Gasteiger charge is 2.61. The Morgan fingerprint density at radius 2 is 1.94 bits per heavy atom. The number of aromatic nitrogens is 1. The molecule has 6 nitrogen and oxygen atoms in total. The van der Waals surface area contributed by atoms with E-state index in [4.69, 9.17) is 9.47 Å². The van der Waals surface area contributed by atoms with Crippen LogP contribution in [0.25, 0.3) is 10.2 Å². The molecule has 184 valence electrons. The van der Waals surface area contributed by atoms with Crippen LogP contribution in [-0.4, -0.2) is 28.7 Å². The fraction of sp³-hybridized carbons (Fsp3) is 0.345. The van der Waals surface area contributed by atoms with Crippen LogP contribution in [0.5, 0.6) is 11.5 Å². The summed E-state index contributed by atoms with van der Waals surface area (Å²) in [5.41, 5.74) is 3.39. The maximum absolute atomic E-state index is 13.0. The van der Waals surface area contributed by atoms with E-state index in [-0.39, 0.29) is 5.91 Å². The number of piperidine rings is 2. The molecule has 2 aliphatic heterocycles. The van der Waals surface area contributed by atoms with Gasteiger partial charge in [0.05, 0.1) is 10.2 Å². The van der Waals surface area contributed by atoms with E-state index in [2.05, 4.69) is 10.6 Å². The van der Waals surface area contributed by atoms with Gasteiger partial charge in [0, 0.05) is 36.3 Å². The highest BCUT2D eigenvalue weighted by molar-refractivity contribution is 7.17. The van der Waals surface area contributed by atoms with Gasteiger partial charge in [-0.3, -0.25) is 4.79 Å². The molecular weight excluding hydrogens is 470 g/mol. The number of nitrogens with zero attached hydrogens (tertiary/aromatic N) is 1. The molecule has 4 aromatic rings. The van der Waals surface area contributed by atoms with E-state index < -0.39 is 0 Å². The number of ether oxygens (including phenoxy) is 2. The van der Waals surface area contributed by atoms with Crippen molar-refractivity contribution in [2.75, 3.05) is 5.32 Å². The summed E-state index contributed by atoms with van der Waals surface area (Å²) in [6, 6.07) is 21.0. The molecule has 4 heterocycles. The molecule has 0 radical (unpaired) electrons. The van der Waals surface area contributed by atoms with Crippen molar-refractivity contribution >= 4 is 33.1 Å². The molecule has 5 atom stereocenters. The SMILES string of the molecule is Cn1c(C(=O)Nc2ccccc2COc2ccc(O[C@H]3C[C@@H]4CCC5C3[C@@H]5N4)cc2)cc2sccc21. The second kappa shape index (κ2) is 8.68. The first kappa shape index (κ1) is 21.9. The van der Waals surface area contributed by atoms with Gasteiger partial charge in [-0.25, -0.2) is 0 Å². The number of rotatable bonds is 7. The van der Waals surface area contributed by atoms with E-state index in [0.717, 1.165) is 45.3 Å². The normalized spacial score (nSPS) is 26.0. The number of para-hydroxylation sites is 1. The van der Waals surface area contributed by atoms with E-state index in [1.165, 1.54) is 12.8 Å². The van der Waals surface area contributed by atoms with Gasteiger partial charge in [0.25, 0.3) is 5.91 Å². The quantitative estimate of drug-likeness (QED) is 0.348. The number of fused-ring (bicyclic) bond motifs is 3. The number of nitrogens with one attached hydrogen (secondary N) is 2. The second-order valence-corrected chi connectivity index (χ2v) is 11.2. The average molecular weight is 500 g/mol. The summed E-state index contributed by atoms with van der Waals surface area (Å²) in [5.74, 6) is 3.06. The van der Waals surface area contributed by atoms with Crippen molar-refractivity contribution in [3.8, 4) is 11.5 Å². The zero-order valence-corrected chi connectivity index (χ0v) is 21.0. The van der Waals surface area contributed by atoms with Crippen LogP contribution in [0.15, 0.2) is 66.0 Å². The highest BCUT2D eigenvalue weighted by Crippen LogP contribution is 2.54. The fourth-order valence-electron chi connectivity index (χ4n) is 6.19. The van der Waals surface area contributed by atoms with Crippen LogP contribution in [0.2, 0.25) is 0 Å². The Labute approximate surface area is 214 Å². The lowest BCUT2D eigenvalue weighted by Gasteiger charge is -2.30. The molecule has 3 fully saturated rings. The molecule has 3 aliphatic rings. The van der Waals surface area contributed by atoms with E-state index in [1.807, 2.05) is 77.7 Å². The van der Waals surface area contributed by atoms with E-state index in [9.17, 15) is 4.79 Å². The molecule has 2 saturated heterocycles. The summed E-state index contributed by atoms with van der Waals surface area (Å²) in [4.78, 5) is 13.0. The third kappa shape index (κ3) is 3.87. The zero-order valence-electron chi connectivity index (χ0n) is 20.1. The van der Waals surface area contributed by atoms with Gasteiger partial charge in [-0.1, -0.05) is 18.2 Å². The van der Waals surface area contributed by atoms with Gasteiger partial charge in [0.15, 0.2) is 0 Å².